The number of nitrogens with one attached hydrogen (secondary N) is 2. The van der Waals surface area contributed by atoms with E-state index in [2.05, 4.69) is 49.6 Å². The number of hydrogen-bond donors (Lipinski definition) is 2. The second-order valence-corrected chi connectivity index (χ2v) is 5.09. The molecule has 1 aromatic carbocycles. The molecule has 1 unspecified atom stereocenters. The monoisotopic (exact) mass is 218 g/mol. The summed E-state index contributed by atoms with van der Waals surface area (Å²) in [7, 11) is 0. The lowest BCUT2D eigenvalue weighted by molar-refractivity contribution is 0.487. The average molecular weight is 218 g/mol. The Labute approximate surface area is 98.4 Å². The van der Waals surface area contributed by atoms with Crippen LogP contribution >= 0.6 is 0 Å². The zero-order valence-corrected chi connectivity index (χ0v) is 10.5. The molecular formula is C14H22N2. The van der Waals surface area contributed by atoms with Crippen LogP contribution in [0.15, 0.2) is 18.2 Å². The predicted molar refractivity (Wildman–Crippen MR) is 70.1 cm³/mol. The SMILES string of the molecule is CC(C)NC(C)Cc1ccc2c(c1)CCN2. The lowest BCUT2D eigenvalue weighted by Crippen LogP contribution is -2.33. The van der Waals surface area contributed by atoms with Crippen LogP contribution in [0.5, 0.6) is 0 Å². The Morgan fingerprint density at radius 3 is 2.88 bits per heavy atom. The molecule has 0 saturated carbocycles. The Hall–Kier alpha value is -1.02. The second kappa shape index (κ2) is 4.88. The van der Waals surface area contributed by atoms with Crippen LogP contribution in [-0.4, -0.2) is 18.6 Å². The van der Waals surface area contributed by atoms with E-state index in [-0.39, 0.29) is 0 Å². The zero-order valence-electron chi connectivity index (χ0n) is 10.5. The maximum atomic E-state index is 3.54. The summed E-state index contributed by atoms with van der Waals surface area (Å²) >= 11 is 0. The van der Waals surface area contributed by atoms with Crippen molar-refractivity contribution < 1.29 is 0 Å². The zero-order chi connectivity index (χ0) is 11.5. The lowest BCUT2D eigenvalue weighted by Gasteiger charge is -2.17. The van der Waals surface area contributed by atoms with Gasteiger partial charge in [0.05, 0.1) is 0 Å². The van der Waals surface area contributed by atoms with E-state index in [0.29, 0.717) is 12.1 Å². The summed E-state index contributed by atoms with van der Waals surface area (Å²) in [6.45, 7) is 7.75. The van der Waals surface area contributed by atoms with Gasteiger partial charge in [0.1, 0.15) is 0 Å². The van der Waals surface area contributed by atoms with Crippen LogP contribution in [0.25, 0.3) is 0 Å². The van der Waals surface area contributed by atoms with Crippen LogP contribution in [0.2, 0.25) is 0 Å². The van der Waals surface area contributed by atoms with Crippen molar-refractivity contribution in [1.82, 2.24) is 5.32 Å². The quantitative estimate of drug-likeness (QED) is 0.811. The molecule has 1 aromatic rings. The highest BCUT2D eigenvalue weighted by Crippen LogP contribution is 2.23. The van der Waals surface area contributed by atoms with Crippen molar-refractivity contribution in [3.05, 3.63) is 29.3 Å². The number of fused-ring (bicyclic) bond motifs is 1. The molecule has 0 fully saturated rings. The molecule has 0 spiro atoms. The molecule has 2 heteroatoms. The van der Waals surface area contributed by atoms with Crippen LogP contribution in [0.4, 0.5) is 5.69 Å². The highest BCUT2D eigenvalue weighted by molar-refractivity contribution is 5.56. The molecule has 2 nitrogen and oxygen atoms in total. The van der Waals surface area contributed by atoms with Gasteiger partial charge in [-0.2, -0.15) is 0 Å². The minimum atomic E-state index is 0.549. The number of hydrogen-bond acceptors (Lipinski definition) is 2. The molecule has 0 bridgehead atoms. The van der Waals surface area contributed by atoms with Gasteiger partial charge in [-0.25, -0.2) is 0 Å². The number of rotatable bonds is 4. The molecular weight excluding hydrogens is 196 g/mol. The molecule has 16 heavy (non-hydrogen) atoms. The minimum Gasteiger partial charge on any atom is -0.384 e. The van der Waals surface area contributed by atoms with Gasteiger partial charge < -0.3 is 10.6 Å². The number of anilines is 1. The van der Waals surface area contributed by atoms with Crippen molar-refractivity contribution in [1.29, 1.82) is 0 Å². The van der Waals surface area contributed by atoms with Crippen LogP contribution in [0.1, 0.15) is 31.9 Å². The summed E-state index contributed by atoms with van der Waals surface area (Å²) in [4.78, 5) is 0. The molecule has 0 radical (unpaired) electrons. The van der Waals surface area contributed by atoms with Crippen molar-refractivity contribution in [3.8, 4) is 0 Å². The molecule has 0 amide bonds. The van der Waals surface area contributed by atoms with Crippen molar-refractivity contribution in [2.45, 2.75) is 45.7 Å². The number of benzene rings is 1. The Balaban J connectivity index is 1.99. The summed E-state index contributed by atoms with van der Waals surface area (Å²) in [6, 6.07) is 7.93. The maximum Gasteiger partial charge on any atom is 0.0373 e. The van der Waals surface area contributed by atoms with Gasteiger partial charge in [0, 0.05) is 24.3 Å². The Morgan fingerprint density at radius 2 is 2.12 bits per heavy atom. The molecule has 88 valence electrons. The summed E-state index contributed by atoms with van der Waals surface area (Å²) in [5, 5.41) is 6.94. The van der Waals surface area contributed by atoms with E-state index in [1.54, 1.807) is 0 Å². The van der Waals surface area contributed by atoms with Gasteiger partial charge in [0.25, 0.3) is 0 Å². The minimum absolute atomic E-state index is 0.549. The molecule has 1 aliphatic rings. The first kappa shape index (κ1) is 11.5. The third-order valence-corrected chi connectivity index (χ3v) is 3.04. The van der Waals surface area contributed by atoms with Crippen LogP contribution in [0.3, 0.4) is 0 Å². The Morgan fingerprint density at radius 1 is 1.31 bits per heavy atom. The van der Waals surface area contributed by atoms with E-state index in [1.807, 2.05) is 0 Å². The van der Waals surface area contributed by atoms with E-state index in [9.17, 15) is 0 Å². The standard InChI is InChI=1S/C14H22N2/c1-10(2)16-11(3)8-12-4-5-14-13(9-12)6-7-15-14/h4-5,9-11,15-16H,6-8H2,1-3H3. The van der Waals surface area contributed by atoms with Crippen molar-refractivity contribution in [2.75, 3.05) is 11.9 Å². The molecule has 1 aliphatic heterocycles. The molecule has 2 N–H and O–H groups in total. The van der Waals surface area contributed by atoms with Crippen LogP contribution in [0, 0.1) is 0 Å². The van der Waals surface area contributed by atoms with Gasteiger partial charge in [0.2, 0.25) is 0 Å². The highest BCUT2D eigenvalue weighted by atomic mass is 14.9. The van der Waals surface area contributed by atoms with Gasteiger partial charge >= 0.3 is 0 Å². The van der Waals surface area contributed by atoms with Gasteiger partial charge in [-0.1, -0.05) is 26.0 Å². The van der Waals surface area contributed by atoms with Crippen molar-refractivity contribution in [3.63, 3.8) is 0 Å². The highest BCUT2D eigenvalue weighted by Gasteiger charge is 2.11. The predicted octanol–water partition coefficient (Wildman–Crippen LogP) is 2.58. The third-order valence-electron chi connectivity index (χ3n) is 3.04. The van der Waals surface area contributed by atoms with Crippen molar-refractivity contribution >= 4 is 5.69 Å². The molecule has 1 heterocycles. The summed E-state index contributed by atoms with van der Waals surface area (Å²) in [5.74, 6) is 0. The fraction of sp³-hybridized carbons (Fsp3) is 0.571. The fourth-order valence-corrected chi connectivity index (χ4v) is 2.47. The molecule has 0 saturated heterocycles. The second-order valence-electron chi connectivity index (χ2n) is 5.09. The smallest absolute Gasteiger partial charge is 0.0373 e. The summed E-state index contributed by atoms with van der Waals surface area (Å²) in [5.41, 5.74) is 4.26. The van der Waals surface area contributed by atoms with E-state index in [0.717, 1.165) is 13.0 Å². The van der Waals surface area contributed by atoms with Gasteiger partial charge in [0.15, 0.2) is 0 Å². The topological polar surface area (TPSA) is 24.1 Å². The van der Waals surface area contributed by atoms with E-state index in [1.165, 1.54) is 23.2 Å². The van der Waals surface area contributed by atoms with E-state index < -0.39 is 0 Å². The third kappa shape index (κ3) is 2.76. The first-order chi connectivity index (χ1) is 7.65. The first-order valence-electron chi connectivity index (χ1n) is 6.27. The van der Waals surface area contributed by atoms with Gasteiger partial charge in [-0.05, 0) is 37.0 Å². The summed E-state index contributed by atoms with van der Waals surface area (Å²) < 4.78 is 0. The first-order valence-corrected chi connectivity index (χ1v) is 6.27. The summed E-state index contributed by atoms with van der Waals surface area (Å²) in [6.07, 6.45) is 2.29. The van der Waals surface area contributed by atoms with Gasteiger partial charge in [-0.15, -0.1) is 0 Å². The largest absolute Gasteiger partial charge is 0.384 e. The van der Waals surface area contributed by atoms with E-state index >= 15 is 0 Å². The molecule has 0 aromatic heterocycles. The van der Waals surface area contributed by atoms with Crippen molar-refractivity contribution in [2.24, 2.45) is 0 Å². The van der Waals surface area contributed by atoms with E-state index in [4.69, 9.17) is 0 Å². The molecule has 0 aliphatic carbocycles. The average Bonchev–Trinajstić information content (AvgIpc) is 2.63. The fourth-order valence-electron chi connectivity index (χ4n) is 2.47. The van der Waals surface area contributed by atoms with Crippen LogP contribution < -0.4 is 10.6 Å². The normalized spacial score (nSPS) is 16.0. The molecule has 2 rings (SSSR count). The maximum absolute atomic E-state index is 3.54. The Kier molecular flexibility index (Phi) is 3.49. The molecule has 1 atom stereocenters. The van der Waals surface area contributed by atoms with Gasteiger partial charge in [-0.3, -0.25) is 0 Å². The lowest BCUT2D eigenvalue weighted by atomic mass is 10.0. The Bertz CT molecular complexity index is 358. The van der Waals surface area contributed by atoms with Crippen LogP contribution in [-0.2, 0) is 12.8 Å².